The van der Waals surface area contributed by atoms with Gasteiger partial charge in [0.25, 0.3) is 0 Å². The summed E-state index contributed by atoms with van der Waals surface area (Å²) in [5.41, 5.74) is 1.25. The molecule has 0 bridgehead atoms. The summed E-state index contributed by atoms with van der Waals surface area (Å²) in [6.07, 6.45) is 0. The van der Waals surface area contributed by atoms with Crippen LogP contribution in [0.1, 0.15) is 40.2 Å². The standard InChI is InChI=1S/C16H27NO2S2/c1-13(2)17-12-14-6-8-15(9-7-14)20-10-11-21(18,19)16(3,4)5/h6-9,13,17H,10-12H2,1-5H3. The van der Waals surface area contributed by atoms with Crippen molar-refractivity contribution in [1.29, 1.82) is 0 Å². The predicted molar refractivity (Wildman–Crippen MR) is 92.7 cm³/mol. The minimum absolute atomic E-state index is 0.220. The van der Waals surface area contributed by atoms with Gasteiger partial charge in [0.15, 0.2) is 9.84 Å². The van der Waals surface area contributed by atoms with Crippen molar-refractivity contribution in [3.8, 4) is 0 Å². The predicted octanol–water partition coefficient (Wildman–Crippen LogP) is 3.49. The fourth-order valence-corrected chi connectivity index (χ4v) is 3.99. The van der Waals surface area contributed by atoms with Gasteiger partial charge >= 0.3 is 0 Å². The molecular formula is C16H27NO2S2. The van der Waals surface area contributed by atoms with Gasteiger partial charge in [-0.15, -0.1) is 11.8 Å². The third kappa shape index (κ3) is 6.41. The lowest BCUT2D eigenvalue weighted by molar-refractivity contribution is 0.562. The molecule has 0 fully saturated rings. The van der Waals surface area contributed by atoms with Crippen LogP contribution in [0.15, 0.2) is 29.2 Å². The number of hydrogen-bond acceptors (Lipinski definition) is 4. The molecular weight excluding hydrogens is 302 g/mol. The molecule has 5 heteroatoms. The van der Waals surface area contributed by atoms with Crippen LogP contribution in [0.2, 0.25) is 0 Å². The molecule has 0 amide bonds. The van der Waals surface area contributed by atoms with Crippen LogP contribution in [0.5, 0.6) is 0 Å². The SMILES string of the molecule is CC(C)NCc1ccc(SCCS(=O)(=O)C(C)(C)C)cc1. The van der Waals surface area contributed by atoms with E-state index in [1.54, 1.807) is 32.5 Å². The van der Waals surface area contributed by atoms with E-state index in [2.05, 4.69) is 43.4 Å². The van der Waals surface area contributed by atoms with Crippen molar-refractivity contribution in [3.05, 3.63) is 29.8 Å². The number of sulfone groups is 1. The number of hydrogen-bond donors (Lipinski definition) is 1. The average molecular weight is 330 g/mol. The first-order chi connectivity index (χ1) is 9.62. The zero-order valence-corrected chi connectivity index (χ0v) is 15.3. The van der Waals surface area contributed by atoms with Gasteiger partial charge < -0.3 is 5.32 Å². The van der Waals surface area contributed by atoms with Crippen LogP contribution in [-0.2, 0) is 16.4 Å². The minimum Gasteiger partial charge on any atom is -0.310 e. The maximum atomic E-state index is 12.0. The van der Waals surface area contributed by atoms with Gasteiger partial charge in [-0.05, 0) is 38.5 Å². The molecule has 0 radical (unpaired) electrons. The summed E-state index contributed by atoms with van der Waals surface area (Å²) >= 11 is 1.60. The van der Waals surface area contributed by atoms with E-state index in [1.807, 2.05) is 0 Å². The molecule has 1 rings (SSSR count). The van der Waals surface area contributed by atoms with Crippen molar-refractivity contribution in [1.82, 2.24) is 5.32 Å². The van der Waals surface area contributed by atoms with Crippen molar-refractivity contribution < 1.29 is 8.42 Å². The van der Waals surface area contributed by atoms with E-state index in [0.29, 0.717) is 11.8 Å². The van der Waals surface area contributed by atoms with E-state index >= 15 is 0 Å². The number of nitrogens with one attached hydrogen (secondary N) is 1. The highest BCUT2D eigenvalue weighted by Gasteiger charge is 2.28. The molecule has 0 saturated heterocycles. The molecule has 1 N–H and O–H groups in total. The van der Waals surface area contributed by atoms with Crippen LogP contribution in [-0.4, -0.2) is 30.7 Å². The van der Waals surface area contributed by atoms with Crippen LogP contribution >= 0.6 is 11.8 Å². The molecule has 0 saturated carbocycles. The summed E-state index contributed by atoms with van der Waals surface area (Å²) in [5, 5.41) is 3.37. The van der Waals surface area contributed by atoms with Crippen molar-refractivity contribution >= 4 is 21.6 Å². The van der Waals surface area contributed by atoms with Gasteiger partial charge in [0, 0.05) is 23.2 Å². The Bertz CT molecular complexity index is 528. The van der Waals surface area contributed by atoms with Crippen molar-refractivity contribution in [2.24, 2.45) is 0 Å². The van der Waals surface area contributed by atoms with Crippen molar-refractivity contribution in [3.63, 3.8) is 0 Å². The molecule has 0 spiro atoms. The largest absolute Gasteiger partial charge is 0.310 e. The van der Waals surface area contributed by atoms with E-state index in [1.165, 1.54) is 5.56 Å². The third-order valence-electron chi connectivity index (χ3n) is 3.19. The highest BCUT2D eigenvalue weighted by Crippen LogP contribution is 2.22. The summed E-state index contributed by atoms with van der Waals surface area (Å²) in [7, 11) is -3.03. The Kier molecular flexibility index (Phi) is 6.75. The summed E-state index contributed by atoms with van der Waals surface area (Å²) in [4.78, 5) is 1.12. The summed E-state index contributed by atoms with van der Waals surface area (Å²) in [6, 6.07) is 8.78. The first-order valence-electron chi connectivity index (χ1n) is 7.29. The Morgan fingerprint density at radius 3 is 2.19 bits per heavy atom. The second-order valence-corrected chi connectivity index (χ2v) is 10.5. The molecule has 0 unspecified atom stereocenters. The highest BCUT2D eigenvalue weighted by molar-refractivity contribution is 8.01. The second kappa shape index (κ2) is 7.65. The first-order valence-corrected chi connectivity index (χ1v) is 9.93. The Morgan fingerprint density at radius 1 is 1.14 bits per heavy atom. The van der Waals surface area contributed by atoms with Gasteiger partial charge in [-0.25, -0.2) is 8.42 Å². The Labute approximate surface area is 133 Å². The van der Waals surface area contributed by atoms with Gasteiger partial charge in [0.2, 0.25) is 0 Å². The van der Waals surface area contributed by atoms with E-state index in [4.69, 9.17) is 0 Å². The zero-order valence-electron chi connectivity index (χ0n) is 13.6. The van der Waals surface area contributed by atoms with Crippen LogP contribution in [0, 0.1) is 0 Å². The van der Waals surface area contributed by atoms with Gasteiger partial charge in [-0.1, -0.05) is 26.0 Å². The van der Waals surface area contributed by atoms with Crippen molar-refractivity contribution in [2.75, 3.05) is 11.5 Å². The Balaban J connectivity index is 2.47. The van der Waals surface area contributed by atoms with Gasteiger partial charge in [-0.2, -0.15) is 0 Å². The van der Waals surface area contributed by atoms with Crippen LogP contribution in [0.4, 0.5) is 0 Å². The van der Waals surface area contributed by atoms with Gasteiger partial charge in [0.1, 0.15) is 0 Å². The first kappa shape index (κ1) is 18.5. The fourth-order valence-electron chi connectivity index (χ4n) is 1.60. The second-order valence-electron chi connectivity index (χ2n) is 6.46. The van der Waals surface area contributed by atoms with E-state index in [0.717, 1.165) is 11.4 Å². The number of thioether (sulfide) groups is 1. The van der Waals surface area contributed by atoms with Gasteiger partial charge in [-0.3, -0.25) is 0 Å². The smallest absolute Gasteiger partial charge is 0.156 e. The molecule has 0 aliphatic rings. The van der Waals surface area contributed by atoms with Crippen LogP contribution < -0.4 is 5.32 Å². The molecule has 1 aromatic rings. The topological polar surface area (TPSA) is 46.2 Å². The fraction of sp³-hybridized carbons (Fsp3) is 0.625. The molecule has 0 aromatic heterocycles. The number of benzene rings is 1. The third-order valence-corrected chi connectivity index (χ3v) is 7.07. The molecule has 0 heterocycles. The maximum Gasteiger partial charge on any atom is 0.156 e. The van der Waals surface area contributed by atoms with E-state index in [9.17, 15) is 8.42 Å². The molecule has 0 atom stereocenters. The average Bonchev–Trinajstić information content (AvgIpc) is 2.36. The lowest BCUT2D eigenvalue weighted by Gasteiger charge is -2.18. The normalized spacial score (nSPS) is 12.9. The minimum atomic E-state index is -3.03. The lowest BCUT2D eigenvalue weighted by Crippen LogP contribution is -2.31. The van der Waals surface area contributed by atoms with Gasteiger partial charge in [0.05, 0.1) is 10.5 Å². The van der Waals surface area contributed by atoms with E-state index in [-0.39, 0.29) is 5.75 Å². The molecule has 0 aliphatic carbocycles. The van der Waals surface area contributed by atoms with Crippen LogP contribution in [0.25, 0.3) is 0 Å². The van der Waals surface area contributed by atoms with Crippen LogP contribution in [0.3, 0.4) is 0 Å². The Morgan fingerprint density at radius 2 is 1.71 bits per heavy atom. The summed E-state index contributed by atoms with van der Waals surface area (Å²) in [6.45, 7) is 10.4. The zero-order chi connectivity index (χ0) is 16.1. The Hall–Kier alpha value is -0.520. The maximum absolute atomic E-state index is 12.0. The van der Waals surface area contributed by atoms with E-state index < -0.39 is 14.6 Å². The molecule has 120 valence electrons. The molecule has 0 aliphatic heterocycles. The quantitative estimate of drug-likeness (QED) is 0.778. The lowest BCUT2D eigenvalue weighted by atomic mass is 10.2. The molecule has 1 aromatic carbocycles. The summed E-state index contributed by atoms with van der Waals surface area (Å²) < 4.78 is 23.4. The molecule has 3 nitrogen and oxygen atoms in total. The number of rotatable bonds is 7. The monoisotopic (exact) mass is 329 g/mol. The highest BCUT2D eigenvalue weighted by atomic mass is 32.2. The molecule has 21 heavy (non-hydrogen) atoms. The summed E-state index contributed by atoms with van der Waals surface area (Å²) in [5.74, 6) is 0.820. The van der Waals surface area contributed by atoms with Crippen molar-refractivity contribution in [2.45, 2.75) is 56.8 Å².